The van der Waals surface area contributed by atoms with Gasteiger partial charge >= 0.3 is 110 Å². The summed E-state index contributed by atoms with van der Waals surface area (Å²) >= 11 is 0. The number of hydrogen-bond donors (Lipinski definition) is 2. The van der Waals surface area contributed by atoms with Crippen LogP contribution in [0.25, 0.3) is 0 Å². The van der Waals surface area contributed by atoms with Crippen LogP contribution in [-0.4, -0.2) is 9.79 Å². The van der Waals surface area contributed by atoms with E-state index in [0.29, 0.717) is 0 Å². The Bertz CT molecular complexity index is 63.9. The van der Waals surface area contributed by atoms with Gasteiger partial charge in [-0.25, -0.2) is 0 Å². The Labute approximate surface area is 132 Å². The molecule has 36 valence electrons. The van der Waals surface area contributed by atoms with Gasteiger partial charge < -0.3 is 12.6 Å². The second-order valence-electron chi connectivity index (χ2n) is 0.589. The molecule has 2 N–H and O–H groups in total. The molecule has 0 aromatic heterocycles. The zero-order valence-corrected chi connectivity index (χ0v) is 12.6. The quantitative estimate of drug-likeness (QED) is 0.298. The molecule has 7 heavy (non-hydrogen) atoms. The van der Waals surface area contributed by atoms with Crippen molar-refractivity contribution in [1.29, 1.82) is 0 Å². The van der Waals surface area contributed by atoms with E-state index in [1.54, 1.807) is 0 Å². The van der Waals surface area contributed by atoms with Crippen LogP contribution in [0.5, 0.6) is 0 Å². The summed E-state index contributed by atoms with van der Waals surface area (Å²) in [6.45, 7) is 0. The van der Waals surface area contributed by atoms with Crippen LogP contribution in [0.15, 0.2) is 0 Å². The van der Waals surface area contributed by atoms with Gasteiger partial charge in [-0.15, -0.1) is 0 Å². The molecule has 0 radical (unpaired) electrons. The molecular weight excluding hydrogens is 188 g/mol. The Balaban J connectivity index is -0.0000000133. The maximum Gasteiger partial charge on any atom is 1.00 e. The summed E-state index contributed by atoms with van der Waals surface area (Å²) in [4.78, 5) is 15.2. The van der Waals surface area contributed by atoms with Crippen LogP contribution in [0.4, 0.5) is 0 Å². The molecule has 0 fully saturated rings. The van der Waals surface area contributed by atoms with E-state index in [-0.39, 0.29) is 106 Å². The van der Waals surface area contributed by atoms with Gasteiger partial charge in [0.15, 0.2) is 0 Å². The zero-order valence-electron chi connectivity index (χ0n) is 6.33. The maximum atomic E-state index is 9.29. The van der Waals surface area contributed by atoms with E-state index in [2.05, 4.69) is 0 Å². The van der Waals surface area contributed by atoms with E-state index in [1.165, 1.54) is 8.93 Å². The Morgan fingerprint density at radius 2 is 1.43 bits per heavy atom. The first-order valence-electron chi connectivity index (χ1n) is 0.841. The van der Waals surface area contributed by atoms with Gasteiger partial charge in [0.05, 0.1) is 0 Å². The van der Waals surface area contributed by atoms with Gasteiger partial charge in [-0.3, -0.25) is 4.57 Å². The molecule has 1 unspecified atom stereocenters. The minimum atomic E-state index is -3.72. The minimum absolute atomic E-state index is 0. The fourth-order valence-corrected chi connectivity index (χ4v) is 0. The van der Waals surface area contributed by atoms with E-state index < -0.39 is 7.28 Å². The van der Waals surface area contributed by atoms with Gasteiger partial charge in [0, 0.05) is 0 Å². The molecule has 7 heteroatoms. The molecule has 0 aromatic rings. The molecule has 0 amide bonds. The molecule has 1 atom stereocenters. The fraction of sp³-hybridized carbons (Fsp3) is 0. The minimum Gasteiger partial charge on any atom is -1.00 e. The first kappa shape index (κ1) is 17.1. The van der Waals surface area contributed by atoms with Gasteiger partial charge in [-0.05, 0) is 8.93 Å². The molecule has 0 aliphatic carbocycles. The largest absolute Gasteiger partial charge is 1.00 e. The third-order valence-electron chi connectivity index (χ3n) is 0. The average Bonchev–Trinajstić information content (AvgIpc) is 0.722. The van der Waals surface area contributed by atoms with Crippen LogP contribution in [0.1, 0.15) is 2.85 Å². The van der Waals surface area contributed by atoms with Crippen LogP contribution in [-0.2, 0) is 4.57 Å². The Morgan fingerprint density at radius 3 is 1.43 bits per heavy atom. The van der Waals surface area contributed by atoms with Crippen LogP contribution in [0.3, 0.4) is 0 Å². The van der Waals surface area contributed by atoms with Gasteiger partial charge in [0.2, 0.25) is 0 Å². The van der Waals surface area contributed by atoms with Crippen molar-refractivity contribution in [3.05, 3.63) is 0 Å². The zero-order chi connectivity index (χ0) is 4.50. The fourth-order valence-electron chi connectivity index (χ4n) is 0. The van der Waals surface area contributed by atoms with E-state index in [0.717, 1.165) is 0 Å². The summed E-state index contributed by atoms with van der Waals surface area (Å²) in [5.41, 5.74) is 0. The van der Waals surface area contributed by atoms with E-state index in [1.807, 2.05) is 0 Å². The Hall–Kier alpha value is 3.85. The topological polar surface area (TPSA) is 57.5 Å². The molecule has 0 spiro atoms. The molecule has 0 saturated carbocycles. The SMILES string of the molecule is O=P(O)(O)P.[H-].[H-].[K+].[K+]. The van der Waals surface area contributed by atoms with E-state index >= 15 is 0 Å². The van der Waals surface area contributed by atoms with Crippen molar-refractivity contribution in [1.82, 2.24) is 0 Å². The molecule has 0 aliphatic rings. The molecular formula is H6K2O3P2. The molecule has 3 nitrogen and oxygen atoms in total. The van der Waals surface area contributed by atoms with Crippen molar-refractivity contribution in [2.75, 3.05) is 0 Å². The van der Waals surface area contributed by atoms with Crippen LogP contribution in [0, 0.1) is 0 Å². The maximum absolute atomic E-state index is 9.29. The summed E-state index contributed by atoms with van der Waals surface area (Å²) in [7, 11) is -2.34. The molecule has 0 saturated heterocycles. The second kappa shape index (κ2) is 7.95. The van der Waals surface area contributed by atoms with E-state index in [9.17, 15) is 4.57 Å². The average molecular weight is 194 g/mol. The van der Waals surface area contributed by atoms with Crippen LogP contribution in [0.2, 0.25) is 0 Å². The summed E-state index contributed by atoms with van der Waals surface area (Å²) in [5, 5.41) is 0. The summed E-state index contributed by atoms with van der Waals surface area (Å²) in [6.07, 6.45) is 0. The van der Waals surface area contributed by atoms with Crippen molar-refractivity contribution >= 4 is 16.2 Å². The Kier molecular flexibility index (Phi) is 19.4. The van der Waals surface area contributed by atoms with Crippen molar-refractivity contribution in [2.24, 2.45) is 0 Å². The normalized spacial score (nSPS) is 8.43. The smallest absolute Gasteiger partial charge is 1.00 e. The predicted octanol–water partition coefficient (Wildman–Crippen LogP) is -5.81. The molecule has 0 aliphatic heterocycles. The number of hydrogen-bond acceptors (Lipinski definition) is 1. The third-order valence-corrected chi connectivity index (χ3v) is 0. The molecule has 0 heterocycles. The molecule has 0 rings (SSSR count). The van der Waals surface area contributed by atoms with Gasteiger partial charge in [0.25, 0.3) is 0 Å². The van der Waals surface area contributed by atoms with Crippen LogP contribution < -0.4 is 103 Å². The first-order valence-corrected chi connectivity index (χ1v) is 4.07. The van der Waals surface area contributed by atoms with Gasteiger partial charge in [-0.2, -0.15) is 0 Å². The van der Waals surface area contributed by atoms with Gasteiger partial charge in [-0.1, -0.05) is 0 Å². The molecule has 0 bridgehead atoms. The van der Waals surface area contributed by atoms with Crippen molar-refractivity contribution in [3.63, 3.8) is 0 Å². The van der Waals surface area contributed by atoms with Crippen molar-refractivity contribution in [2.45, 2.75) is 0 Å². The summed E-state index contributed by atoms with van der Waals surface area (Å²) < 4.78 is 9.29. The van der Waals surface area contributed by atoms with Gasteiger partial charge in [0.1, 0.15) is 0 Å². The first-order chi connectivity index (χ1) is 2.00. The standard InChI is InChI=1S/2K.H4O3P2.2H/c;;1-5(2,3)4;;/h;;4H2,(H2,1,2,3);;/q2*+1;;2*-1. The van der Waals surface area contributed by atoms with Crippen molar-refractivity contribution < 1.29 is 120 Å². The van der Waals surface area contributed by atoms with E-state index in [4.69, 9.17) is 9.79 Å². The number of rotatable bonds is 0. The molecule has 0 aromatic carbocycles. The Morgan fingerprint density at radius 1 is 1.43 bits per heavy atom. The second-order valence-corrected chi connectivity index (χ2v) is 3.79. The third kappa shape index (κ3) is 40.9. The monoisotopic (exact) mass is 194 g/mol. The summed E-state index contributed by atoms with van der Waals surface area (Å²) in [6, 6.07) is 0. The predicted molar refractivity (Wildman–Crippen MR) is 24.0 cm³/mol. The van der Waals surface area contributed by atoms with Crippen LogP contribution >= 0.6 is 16.2 Å². The van der Waals surface area contributed by atoms with Crippen molar-refractivity contribution in [3.8, 4) is 0 Å². The summed E-state index contributed by atoms with van der Waals surface area (Å²) in [5.74, 6) is 0.